The Morgan fingerprint density at radius 3 is 2.46 bits per heavy atom. The minimum atomic E-state index is -0.838. The first-order chi connectivity index (χ1) is 11.0. The van der Waals surface area contributed by atoms with E-state index in [1.54, 1.807) is 0 Å². The lowest BCUT2D eigenvalue weighted by Gasteiger charge is -2.56. The van der Waals surface area contributed by atoms with E-state index in [1.165, 1.54) is 0 Å². The molecule has 0 amide bonds. The van der Waals surface area contributed by atoms with E-state index in [2.05, 4.69) is 13.5 Å². The van der Waals surface area contributed by atoms with Gasteiger partial charge in [0.25, 0.3) is 0 Å². The number of allylic oxidation sites excluding steroid dienone is 1. The van der Waals surface area contributed by atoms with Crippen molar-refractivity contribution in [3.63, 3.8) is 0 Å². The highest BCUT2D eigenvalue weighted by molar-refractivity contribution is 5.93. The summed E-state index contributed by atoms with van der Waals surface area (Å²) in [7, 11) is 0. The Morgan fingerprint density at radius 2 is 1.92 bits per heavy atom. The lowest BCUT2D eigenvalue weighted by atomic mass is 9.45. The molecule has 0 unspecified atom stereocenters. The number of carboxylic acid groups (broad SMARTS) is 1. The molecule has 3 fully saturated rings. The van der Waals surface area contributed by atoms with Gasteiger partial charge in [0.05, 0.1) is 16.9 Å². The highest BCUT2D eigenvalue weighted by Gasteiger charge is 2.67. The van der Waals surface area contributed by atoms with Gasteiger partial charge >= 0.3 is 5.97 Å². The number of aliphatic carboxylic acids is 1. The van der Waals surface area contributed by atoms with Gasteiger partial charge in [0.2, 0.25) is 0 Å². The molecule has 0 radical (unpaired) electrons. The number of Topliss-reactive ketones (excluding diaryl/α,β-unsaturated/α-hetero) is 1. The largest absolute Gasteiger partial charge is 0.481 e. The van der Waals surface area contributed by atoms with Gasteiger partial charge in [-0.1, -0.05) is 26.3 Å². The highest BCUT2D eigenvalue weighted by Crippen LogP contribution is 2.65. The van der Waals surface area contributed by atoms with Crippen LogP contribution in [0.2, 0.25) is 0 Å². The van der Waals surface area contributed by atoms with Crippen molar-refractivity contribution in [2.45, 2.75) is 71.8 Å². The van der Waals surface area contributed by atoms with Gasteiger partial charge in [-0.3, -0.25) is 9.59 Å². The van der Waals surface area contributed by atoms with Crippen LogP contribution in [0.3, 0.4) is 0 Å². The number of rotatable bonds is 2. The van der Waals surface area contributed by atoms with E-state index in [1.807, 2.05) is 19.9 Å². The van der Waals surface area contributed by atoms with Crippen LogP contribution in [-0.2, 0) is 9.59 Å². The molecule has 0 aromatic heterocycles. The lowest BCUT2D eigenvalue weighted by molar-refractivity contribution is -0.177. The van der Waals surface area contributed by atoms with E-state index < -0.39 is 28.3 Å². The van der Waals surface area contributed by atoms with Crippen molar-refractivity contribution in [1.29, 1.82) is 0 Å². The molecule has 0 heterocycles. The average molecular weight is 334 g/mol. The summed E-state index contributed by atoms with van der Waals surface area (Å²) in [6.45, 7) is 9.72. The molecule has 1 spiro atoms. The molecule has 3 aliphatic carbocycles. The Labute approximate surface area is 144 Å². The number of carboxylic acids is 1. The van der Waals surface area contributed by atoms with Gasteiger partial charge in [-0.15, -0.1) is 6.58 Å². The van der Waals surface area contributed by atoms with E-state index in [4.69, 9.17) is 0 Å². The molecule has 4 heteroatoms. The molecule has 0 aliphatic heterocycles. The molecule has 3 aliphatic rings. The molecule has 24 heavy (non-hydrogen) atoms. The molecule has 0 bridgehead atoms. The summed E-state index contributed by atoms with van der Waals surface area (Å²) in [5, 5.41) is 20.6. The third-order valence-electron chi connectivity index (χ3n) is 7.78. The van der Waals surface area contributed by atoms with E-state index in [0.717, 1.165) is 12.8 Å². The van der Waals surface area contributed by atoms with Crippen LogP contribution in [0.1, 0.15) is 65.7 Å². The molecule has 3 saturated carbocycles. The second kappa shape index (κ2) is 5.17. The maximum Gasteiger partial charge on any atom is 0.309 e. The fraction of sp³-hybridized carbons (Fsp3) is 0.800. The van der Waals surface area contributed by atoms with Crippen LogP contribution in [-0.4, -0.2) is 28.1 Å². The first kappa shape index (κ1) is 17.7. The van der Waals surface area contributed by atoms with Crippen molar-refractivity contribution >= 4 is 11.8 Å². The van der Waals surface area contributed by atoms with Crippen molar-refractivity contribution in [1.82, 2.24) is 0 Å². The summed E-state index contributed by atoms with van der Waals surface area (Å²) in [6, 6.07) is 0. The number of hydrogen-bond donors (Lipinski definition) is 2. The van der Waals surface area contributed by atoms with Crippen molar-refractivity contribution < 1.29 is 19.8 Å². The molecule has 134 valence electrons. The summed E-state index contributed by atoms with van der Waals surface area (Å²) >= 11 is 0. The molecule has 0 saturated heterocycles. The summed E-state index contributed by atoms with van der Waals surface area (Å²) < 4.78 is 0. The van der Waals surface area contributed by atoms with Gasteiger partial charge in [-0.25, -0.2) is 0 Å². The highest BCUT2D eigenvalue weighted by atomic mass is 16.4. The Balaban J connectivity index is 2.01. The summed E-state index contributed by atoms with van der Waals surface area (Å²) in [5.74, 6) is -0.821. The Bertz CT molecular complexity index is 598. The summed E-state index contributed by atoms with van der Waals surface area (Å²) in [5.41, 5.74) is -2.42. The normalized spacial score (nSPS) is 51.4. The first-order valence-corrected chi connectivity index (χ1v) is 9.14. The Kier molecular flexibility index (Phi) is 3.80. The van der Waals surface area contributed by atoms with Gasteiger partial charge < -0.3 is 10.2 Å². The van der Waals surface area contributed by atoms with Crippen LogP contribution < -0.4 is 0 Å². The third-order valence-corrected chi connectivity index (χ3v) is 7.78. The van der Waals surface area contributed by atoms with E-state index in [0.29, 0.717) is 32.1 Å². The standard InChI is InChI=1S/C20H30O4/c1-5-17(2)11-14(21)20(12-17)10-7-13-18(3,15(20)22)8-6-9-19(13,4)16(23)24/h5,13-14,21H,1,6-12H2,2-4H3,(H,23,24)/t13-,14-,17+,18-,19-,20-/m0/s1. The fourth-order valence-corrected chi connectivity index (χ4v) is 6.31. The number of hydrogen-bond acceptors (Lipinski definition) is 3. The number of carbonyl (C=O) groups excluding carboxylic acids is 1. The molecular weight excluding hydrogens is 304 g/mol. The second-order valence-electron chi connectivity index (χ2n) is 9.33. The fourth-order valence-electron chi connectivity index (χ4n) is 6.31. The summed E-state index contributed by atoms with van der Waals surface area (Å²) in [6.07, 6.45) is 5.85. The van der Waals surface area contributed by atoms with E-state index >= 15 is 0 Å². The van der Waals surface area contributed by atoms with Crippen LogP contribution in [0.5, 0.6) is 0 Å². The minimum absolute atomic E-state index is 0.108. The molecule has 0 aromatic rings. The van der Waals surface area contributed by atoms with Gasteiger partial charge in [-0.2, -0.15) is 0 Å². The zero-order valence-electron chi connectivity index (χ0n) is 15.1. The van der Waals surface area contributed by atoms with Gasteiger partial charge in [-0.05, 0) is 56.8 Å². The number of aliphatic hydroxyl groups excluding tert-OH is 1. The average Bonchev–Trinajstić information content (AvgIpc) is 2.77. The predicted octanol–water partition coefficient (Wildman–Crippen LogP) is 3.58. The quantitative estimate of drug-likeness (QED) is 0.757. The number of fused-ring (bicyclic) bond motifs is 1. The Hall–Kier alpha value is -1.16. The number of ketones is 1. The van der Waals surface area contributed by atoms with Crippen molar-refractivity contribution in [3.8, 4) is 0 Å². The molecule has 2 N–H and O–H groups in total. The van der Waals surface area contributed by atoms with Gasteiger partial charge in [0.1, 0.15) is 5.78 Å². The topological polar surface area (TPSA) is 74.6 Å². The molecule has 4 nitrogen and oxygen atoms in total. The SMILES string of the molecule is C=C[C@]1(C)C[C@H](O)[C@]2(CC[C@@H]3[C@@](C)(C(=O)O)CCC[C@]3(C)C2=O)C1. The molecule has 0 aromatic carbocycles. The monoisotopic (exact) mass is 334 g/mol. The van der Waals surface area contributed by atoms with Gasteiger partial charge in [0, 0.05) is 5.41 Å². The van der Waals surface area contributed by atoms with E-state index in [9.17, 15) is 19.8 Å². The molecule has 6 atom stereocenters. The predicted molar refractivity (Wildman–Crippen MR) is 91.4 cm³/mol. The first-order valence-electron chi connectivity index (χ1n) is 9.14. The van der Waals surface area contributed by atoms with Crippen molar-refractivity contribution in [2.24, 2.45) is 27.6 Å². The number of carbonyl (C=O) groups is 2. The van der Waals surface area contributed by atoms with Crippen LogP contribution >= 0.6 is 0 Å². The van der Waals surface area contributed by atoms with Gasteiger partial charge in [0.15, 0.2) is 0 Å². The maximum absolute atomic E-state index is 13.6. The third kappa shape index (κ3) is 2.08. The maximum atomic E-state index is 13.6. The minimum Gasteiger partial charge on any atom is -0.481 e. The second-order valence-corrected chi connectivity index (χ2v) is 9.33. The lowest BCUT2D eigenvalue weighted by Crippen LogP contribution is -2.60. The zero-order chi connectivity index (χ0) is 18.0. The number of aliphatic hydroxyl groups is 1. The zero-order valence-corrected chi connectivity index (χ0v) is 15.1. The Morgan fingerprint density at radius 1 is 1.25 bits per heavy atom. The van der Waals surface area contributed by atoms with Crippen LogP contribution in [0, 0.1) is 27.6 Å². The smallest absolute Gasteiger partial charge is 0.309 e. The van der Waals surface area contributed by atoms with Crippen LogP contribution in [0.4, 0.5) is 0 Å². The molecule has 3 rings (SSSR count). The van der Waals surface area contributed by atoms with Crippen LogP contribution in [0.15, 0.2) is 12.7 Å². The molecular formula is C20H30O4. The van der Waals surface area contributed by atoms with Crippen molar-refractivity contribution in [2.75, 3.05) is 0 Å². The van der Waals surface area contributed by atoms with E-state index in [-0.39, 0.29) is 17.1 Å². The van der Waals surface area contributed by atoms with Crippen molar-refractivity contribution in [3.05, 3.63) is 12.7 Å². The summed E-state index contributed by atoms with van der Waals surface area (Å²) in [4.78, 5) is 25.6. The van der Waals surface area contributed by atoms with Crippen LogP contribution in [0.25, 0.3) is 0 Å².